The largest absolute Gasteiger partial charge is 0.481 e. The highest BCUT2D eigenvalue weighted by Crippen LogP contribution is 2.28. The number of hydrogen-bond acceptors (Lipinski definition) is 3. The average Bonchev–Trinajstić information content (AvgIpc) is 2.17. The number of rotatable bonds is 4. The van der Waals surface area contributed by atoms with E-state index >= 15 is 0 Å². The summed E-state index contributed by atoms with van der Waals surface area (Å²) in [4.78, 5) is 11.2. The third kappa shape index (κ3) is 2.27. The number of carbonyl (C=O) groups is 1. The van der Waals surface area contributed by atoms with Gasteiger partial charge in [-0.25, -0.2) is 0 Å². The molecule has 0 aromatic heterocycles. The van der Waals surface area contributed by atoms with Crippen molar-refractivity contribution in [3.8, 4) is 0 Å². The summed E-state index contributed by atoms with van der Waals surface area (Å²) in [6, 6.07) is 6.75. The molecule has 4 nitrogen and oxygen atoms in total. The van der Waals surface area contributed by atoms with Gasteiger partial charge in [-0.1, -0.05) is 12.1 Å². The second-order valence-corrected chi connectivity index (χ2v) is 3.74. The van der Waals surface area contributed by atoms with Crippen molar-refractivity contribution in [2.24, 2.45) is 0 Å². The Hall–Kier alpha value is -1.55. The van der Waals surface area contributed by atoms with Crippen LogP contribution in [0.25, 0.3) is 0 Å². The zero-order valence-corrected chi connectivity index (χ0v) is 8.60. The Kier molecular flexibility index (Phi) is 3.31. The molecule has 0 bridgehead atoms. The van der Waals surface area contributed by atoms with Crippen LogP contribution in [0.5, 0.6) is 0 Å². The number of anilines is 1. The molecule has 4 N–H and O–H groups in total. The molecule has 15 heavy (non-hydrogen) atoms. The predicted octanol–water partition coefficient (Wildman–Crippen LogP) is 0.994. The molecule has 0 aliphatic rings. The van der Waals surface area contributed by atoms with Gasteiger partial charge in [0.2, 0.25) is 0 Å². The normalized spacial score (nSPS) is 14.5. The van der Waals surface area contributed by atoms with Crippen LogP contribution in [0.4, 0.5) is 5.69 Å². The van der Waals surface area contributed by atoms with E-state index in [9.17, 15) is 4.79 Å². The molecule has 1 atom stereocenters. The number of aliphatic carboxylic acids is 1. The van der Waals surface area contributed by atoms with Crippen LogP contribution in [-0.2, 0) is 10.2 Å². The fraction of sp³-hybridized carbons (Fsp3) is 0.364. The monoisotopic (exact) mass is 209 g/mol. The van der Waals surface area contributed by atoms with Gasteiger partial charge in [0.1, 0.15) is 0 Å². The Bertz CT molecular complexity index is 365. The maximum atomic E-state index is 11.2. The van der Waals surface area contributed by atoms with Crippen LogP contribution in [0.1, 0.15) is 18.9 Å². The third-order valence-electron chi connectivity index (χ3n) is 2.61. The number of aliphatic hydroxyl groups excluding tert-OH is 1. The lowest BCUT2D eigenvalue weighted by Crippen LogP contribution is -2.33. The van der Waals surface area contributed by atoms with Crippen LogP contribution < -0.4 is 5.73 Å². The molecule has 0 radical (unpaired) electrons. The SMILES string of the molecule is CC(CCO)(C(=O)O)c1cccc(N)c1. The zero-order chi connectivity index (χ0) is 11.5. The standard InChI is InChI=1S/C11H15NO3/c1-11(5-6-13,10(14)15)8-3-2-4-9(12)7-8/h2-4,7,13H,5-6,12H2,1H3,(H,14,15). The first-order valence-corrected chi connectivity index (χ1v) is 4.71. The first kappa shape index (κ1) is 11.5. The smallest absolute Gasteiger partial charge is 0.313 e. The highest BCUT2D eigenvalue weighted by Gasteiger charge is 2.34. The van der Waals surface area contributed by atoms with Crippen LogP contribution in [0.15, 0.2) is 24.3 Å². The fourth-order valence-corrected chi connectivity index (χ4v) is 1.48. The van der Waals surface area contributed by atoms with Gasteiger partial charge in [-0.15, -0.1) is 0 Å². The molecule has 1 aromatic carbocycles. The summed E-state index contributed by atoms with van der Waals surface area (Å²) in [5.41, 5.74) is 5.66. The number of hydrogen-bond donors (Lipinski definition) is 3. The van der Waals surface area contributed by atoms with Crippen LogP contribution in [0, 0.1) is 0 Å². The lowest BCUT2D eigenvalue weighted by atomic mass is 9.79. The molecule has 0 spiro atoms. The van der Waals surface area contributed by atoms with Crippen molar-refractivity contribution in [1.29, 1.82) is 0 Å². The van der Waals surface area contributed by atoms with E-state index in [2.05, 4.69) is 0 Å². The first-order valence-electron chi connectivity index (χ1n) is 4.71. The molecule has 0 aliphatic carbocycles. The van der Waals surface area contributed by atoms with Gasteiger partial charge >= 0.3 is 5.97 Å². The lowest BCUT2D eigenvalue weighted by Gasteiger charge is -2.24. The molecule has 0 saturated carbocycles. The summed E-state index contributed by atoms with van der Waals surface area (Å²) in [6.45, 7) is 1.41. The van der Waals surface area contributed by atoms with Crippen molar-refractivity contribution in [2.45, 2.75) is 18.8 Å². The minimum Gasteiger partial charge on any atom is -0.481 e. The van der Waals surface area contributed by atoms with Crippen molar-refractivity contribution >= 4 is 11.7 Å². The number of carboxylic acids is 1. The predicted molar refractivity (Wildman–Crippen MR) is 57.5 cm³/mol. The fourth-order valence-electron chi connectivity index (χ4n) is 1.48. The van der Waals surface area contributed by atoms with Gasteiger partial charge in [0.05, 0.1) is 5.41 Å². The Labute approximate surface area is 88.3 Å². The average molecular weight is 209 g/mol. The van der Waals surface area contributed by atoms with E-state index in [1.807, 2.05) is 0 Å². The van der Waals surface area contributed by atoms with Gasteiger partial charge < -0.3 is 15.9 Å². The summed E-state index contributed by atoms with van der Waals surface area (Å²) in [5.74, 6) is -0.956. The Morgan fingerprint density at radius 2 is 2.20 bits per heavy atom. The van der Waals surface area contributed by atoms with Gasteiger partial charge in [-0.3, -0.25) is 4.79 Å². The highest BCUT2D eigenvalue weighted by atomic mass is 16.4. The number of benzene rings is 1. The van der Waals surface area contributed by atoms with E-state index < -0.39 is 11.4 Å². The van der Waals surface area contributed by atoms with Crippen molar-refractivity contribution in [3.63, 3.8) is 0 Å². The van der Waals surface area contributed by atoms with Crippen LogP contribution in [-0.4, -0.2) is 22.8 Å². The Morgan fingerprint density at radius 3 is 2.67 bits per heavy atom. The van der Waals surface area contributed by atoms with E-state index in [0.717, 1.165) is 0 Å². The molecule has 0 aliphatic heterocycles. The molecule has 0 saturated heterocycles. The van der Waals surface area contributed by atoms with Crippen LogP contribution in [0.2, 0.25) is 0 Å². The maximum Gasteiger partial charge on any atom is 0.313 e. The van der Waals surface area contributed by atoms with Crippen molar-refractivity contribution < 1.29 is 15.0 Å². The van der Waals surface area contributed by atoms with E-state index in [-0.39, 0.29) is 13.0 Å². The topological polar surface area (TPSA) is 83.5 Å². The molecule has 1 rings (SSSR count). The number of carboxylic acid groups (broad SMARTS) is 1. The van der Waals surface area contributed by atoms with Gasteiger partial charge in [-0.2, -0.15) is 0 Å². The lowest BCUT2D eigenvalue weighted by molar-refractivity contribution is -0.143. The molecule has 4 heteroatoms. The van der Waals surface area contributed by atoms with E-state index in [0.29, 0.717) is 11.3 Å². The molecule has 0 amide bonds. The number of aliphatic hydroxyl groups is 1. The van der Waals surface area contributed by atoms with Crippen LogP contribution in [0.3, 0.4) is 0 Å². The van der Waals surface area contributed by atoms with Gasteiger partial charge in [-0.05, 0) is 31.0 Å². The van der Waals surface area contributed by atoms with E-state index in [4.69, 9.17) is 15.9 Å². The summed E-state index contributed by atoms with van der Waals surface area (Å²) in [5, 5.41) is 18.0. The molecular formula is C11H15NO3. The summed E-state index contributed by atoms with van der Waals surface area (Å²) in [7, 11) is 0. The van der Waals surface area contributed by atoms with Gasteiger partial charge in [0, 0.05) is 12.3 Å². The highest BCUT2D eigenvalue weighted by molar-refractivity contribution is 5.81. The second-order valence-electron chi connectivity index (χ2n) is 3.74. The second kappa shape index (κ2) is 4.31. The number of nitrogens with two attached hydrogens (primary N) is 1. The quantitative estimate of drug-likeness (QED) is 0.646. The third-order valence-corrected chi connectivity index (χ3v) is 2.61. The van der Waals surface area contributed by atoms with Crippen molar-refractivity contribution in [2.75, 3.05) is 12.3 Å². The van der Waals surface area contributed by atoms with Crippen LogP contribution >= 0.6 is 0 Å². The molecule has 82 valence electrons. The summed E-state index contributed by atoms with van der Waals surface area (Å²) in [6.07, 6.45) is 0.172. The van der Waals surface area contributed by atoms with Gasteiger partial charge in [0.15, 0.2) is 0 Å². The maximum absolute atomic E-state index is 11.2. The molecule has 0 heterocycles. The molecular weight excluding hydrogens is 194 g/mol. The minimum absolute atomic E-state index is 0.169. The zero-order valence-electron chi connectivity index (χ0n) is 8.60. The van der Waals surface area contributed by atoms with Crippen molar-refractivity contribution in [3.05, 3.63) is 29.8 Å². The Morgan fingerprint density at radius 1 is 1.53 bits per heavy atom. The van der Waals surface area contributed by atoms with Crippen molar-refractivity contribution in [1.82, 2.24) is 0 Å². The summed E-state index contributed by atoms with van der Waals surface area (Å²) < 4.78 is 0. The van der Waals surface area contributed by atoms with E-state index in [1.54, 1.807) is 31.2 Å². The minimum atomic E-state index is -1.08. The summed E-state index contributed by atoms with van der Waals surface area (Å²) >= 11 is 0. The molecule has 0 fully saturated rings. The number of nitrogen functional groups attached to an aromatic ring is 1. The molecule has 1 aromatic rings. The van der Waals surface area contributed by atoms with Gasteiger partial charge in [0.25, 0.3) is 0 Å². The van der Waals surface area contributed by atoms with E-state index in [1.165, 1.54) is 0 Å². The Balaban J connectivity index is 3.15. The molecule has 1 unspecified atom stereocenters. The first-order chi connectivity index (χ1) is 7.00.